The van der Waals surface area contributed by atoms with Crippen LogP contribution in [0.4, 0.5) is 0 Å². The van der Waals surface area contributed by atoms with Crippen molar-refractivity contribution in [3.05, 3.63) is 71.8 Å². The Kier molecular flexibility index (Phi) is 7.62. The summed E-state index contributed by atoms with van der Waals surface area (Å²) in [5, 5.41) is 2.80. The zero-order chi connectivity index (χ0) is 19.6. The topological polar surface area (TPSA) is 64.6 Å². The number of rotatable bonds is 8. The lowest BCUT2D eigenvalue weighted by atomic mass is 9.98. The molecule has 3 rings (SSSR count). The first kappa shape index (κ1) is 20.1. The fourth-order valence-electron chi connectivity index (χ4n) is 3.39. The van der Waals surface area contributed by atoms with Crippen molar-refractivity contribution in [1.29, 1.82) is 0 Å². The molecule has 1 aliphatic carbocycles. The van der Waals surface area contributed by atoms with Crippen molar-refractivity contribution in [2.45, 2.75) is 50.7 Å². The summed E-state index contributed by atoms with van der Waals surface area (Å²) in [6, 6.07) is 17.7. The van der Waals surface area contributed by atoms with Crippen LogP contribution in [0.5, 0.6) is 0 Å². The maximum absolute atomic E-state index is 12.6. The van der Waals surface area contributed by atoms with Crippen LogP contribution >= 0.6 is 0 Å². The predicted octanol–water partition coefficient (Wildman–Crippen LogP) is 3.88. The maximum Gasteiger partial charge on any atom is 0.331 e. The number of nitrogens with one attached hydrogen (secondary N) is 1. The molecule has 1 fully saturated rings. The minimum atomic E-state index is -0.773. The molecule has 0 unspecified atom stereocenters. The molecule has 0 radical (unpaired) electrons. The first-order valence-corrected chi connectivity index (χ1v) is 9.90. The Hall–Kier alpha value is -2.66. The maximum atomic E-state index is 12.6. The molecular weight excluding hydrogens is 354 g/mol. The molecule has 5 nitrogen and oxygen atoms in total. The summed E-state index contributed by atoms with van der Waals surface area (Å²) < 4.78 is 11.0. The first-order valence-electron chi connectivity index (χ1n) is 9.90. The lowest BCUT2D eigenvalue weighted by molar-refractivity contribution is -0.164. The number of carbonyl (C=O) groups excluding carboxylic acids is 2. The summed E-state index contributed by atoms with van der Waals surface area (Å²) in [5.74, 6) is -0.782. The van der Waals surface area contributed by atoms with Crippen LogP contribution in [0.25, 0.3) is 0 Å². The molecule has 1 aliphatic rings. The van der Waals surface area contributed by atoms with Gasteiger partial charge in [-0.3, -0.25) is 4.79 Å². The van der Waals surface area contributed by atoms with E-state index in [2.05, 4.69) is 5.32 Å². The highest BCUT2D eigenvalue weighted by Crippen LogP contribution is 2.20. The smallest absolute Gasteiger partial charge is 0.331 e. The van der Waals surface area contributed by atoms with Crippen molar-refractivity contribution in [1.82, 2.24) is 5.32 Å². The van der Waals surface area contributed by atoms with E-state index in [1.807, 2.05) is 36.4 Å². The molecule has 0 bridgehead atoms. The first-order chi connectivity index (χ1) is 13.7. The molecule has 1 saturated carbocycles. The van der Waals surface area contributed by atoms with E-state index >= 15 is 0 Å². The van der Waals surface area contributed by atoms with E-state index in [0.29, 0.717) is 12.0 Å². The van der Waals surface area contributed by atoms with Crippen LogP contribution in [0.1, 0.15) is 48.0 Å². The van der Waals surface area contributed by atoms with E-state index in [1.54, 1.807) is 24.3 Å². The molecule has 0 heterocycles. The number of hydrogen-bond donors (Lipinski definition) is 1. The van der Waals surface area contributed by atoms with E-state index < -0.39 is 12.0 Å². The van der Waals surface area contributed by atoms with Gasteiger partial charge < -0.3 is 14.8 Å². The van der Waals surface area contributed by atoms with Crippen molar-refractivity contribution in [3.8, 4) is 0 Å². The average Bonchev–Trinajstić information content (AvgIpc) is 2.75. The Morgan fingerprint density at radius 3 is 2.25 bits per heavy atom. The van der Waals surface area contributed by atoms with Gasteiger partial charge in [0.15, 0.2) is 6.79 Å². The Balaban J connectivity index is 1.59. The SMILES string of the molecule is O=C(N[C@@H](Cc1ccccc1)C(=O)OCOC1CCCCC1)c1ccccc1. The van der Waals surface area contributed by atoms with Crippen LogP contribution < -0.4 is 5.32 Å². The van der Waals surface area contributed by atoms with Crippen LogP contribution in [-0.4, -0.2) is 30.8 Å². The minimum Gasteiger partial charge on any atom is -0.437 e. The molecule has 5 heteroatoms. The Bertz CT molecular complexity index is 742. The van der Waals surface area contributed by atoms with Crippen molar-refractivity contribution in [3.63, 3.8) is 0 Å². The quantitative estimate of drug-likeness (QED) is 0.557. The van der Waals surface area contributed by atoms with Crippen molar-refractivity contribution in [2.24, 2.45) is 0 Å². The summed E-state index contributed by atoms with van der Waals surface area (Å²) in [4.78, 5) is 25.2. The van der Waals surface area contributed by atoms with E-state index in [1.165, 1.54) is 6.42 Å². The number of esters is 1. The van der Waals surface area contributed by atoms with Crippen LogP contribution in [0.2, 0.25) is 0 Å². The molecule has 2 aromatic rings. The minimum absolute atomic E-state index is 0.0734. The van der Waals surface area contributed by atoms with Crippen LogP contribution in [-0.2, 0) is 20.7 Å². The number of ether oxygens (including phenoxy) is 2. The second-order valence-electron chi connectivity index (χ2n) is 7.09. The highest BCUT2D eigenvalue weighted by molar-refractivity contribution is 5.96. The Labute approximate surface area is 166 Å². The third kappa shape index (κ3) is 6.20. The van der Waals surface area contributed by atoms with Gasteiger partial charge in [0.25, 0.3) is 5.91 Å². The van der Waals surface area contributed by atoms with Gasteiger partial charge in [0.05, 0.1) is 6.10 Å². The van der Waals surface area contributed by atoms with Crippen LogP contribution in [0.15, 0.2) is 60.7 Å². The van der Waals surface area contributed by atoms with Crippen molar-refractivity contribution in [2.75, 3.05) is 6.79 Å². The predicted molar refractivity (Wildman–Crippen MR) is 107 cm³/mol. The third-order valence-corrected chi connectivity index (χ3v) is 4.97. The van der Waals surface area contributed by atoms with E-state index in [0.717, 1.165) is 31.2 Å². The lowest BCUT2D eigenvalue weighted by Crippen LogP contribution is -2.43. The van der Waals surface area contributed by atoms with Crippen LogP contribution in [0.3, 0.4) is 0 Å². The zero-order valence-electron chi connectivity index (χ0n) is 16.0. The number of hydrogen-bond acceptors (Lipinski definition) is 4. The van der Waals surface area contributed by atoms with Crippen molar-refractivity contribution >= 4 is 11.9 Å². The summed E-state index contributed by atoms with van der Waals surface area (Å²) in [5.41, 5.74) is 1.46. The van der Waals surface area contributed by atoms with Gasteiger partial charge in [0.2, 0.25) is 0 Å². The molecule has 1 amide bonds. The summed E-state index contributed by atoms with van der Waals surface area (Å²) in [6.07, 6.45) is 6.09. The summed E-state index contributed by atoms with van der Waals surface area (Å²) in [6.45, 7) is -0.0734. The van der Waals surface area contributed by atoms with Gasteiger partial charge in [-0.1, -0.05) is 67.8 Å². The van der Waals surface area contributed by atoms with Gasteiger partial charge in [-0.05, 0) is 30.5 Å². The normalized spacial score (nSPS) is 15.6. The van der Waals surface area contributed by atoms with Crippen molar-refractivity contribution < 1.29 is 19.1 Å². The zero-order valence-corrected chi connectivity index (χ0v) is 16.0. The van der Waals surface area contributed by atoms with Gasteiger partial charge in [0.1, 0.15) is 6.04 Å². The standard InChI is InChI=1S/C23H27NO4/c25-22(19-12-6-2-7-13-19)24-21(16-18-10-4-1-5-11-18)23(26)28-17-27-20-14-8-3-9-15-20/h1-2,4-7,10-13,20-21H,3,8-9,14-17H2,(H,24,25)/t21-/m0/s1. The average molecular weight is 381 g/mol. The molecule has 28 heavy (non-hydrogen) atoms. The van der Waals surface area contributed by atoms with Gasteiger partial charge in [0, 0.05) is 12.0 Å². The Morgan fingerprint density at radius 1 is 0.929 bits per heavy atom. The van der Waals surface area contributed by atoms with Gasteiger partial charge in [-0.2, -0.15) is 0 Å². The molecule has 2 aromatic carbocycles. The van der Waals surface area contributed by atoms with E-state index in [4.69, 9.17) is 9.47 Å². The monoisotopic (exact) mass is 381 g/mol. The molecule has 148 valence electrons. The second kappa shape index (κ2) is 10.6. The molecule has 0 aromatic heterocycles. The number of carbonyl (C=O) groups is 2. The van der Waals surface area contributed by atoms with Crippen LogP contribution in [0, 0.1) is 0 Å². The summed E-state index contributed by atoms with van der Waals surface area (Å²) >= 11 is 0. The van der Waals surface area contributed by atoms with Gasteiger partial charge in [-0.15, -0.1) is 0 Å². The fourth-order valence-corrected chi connectivity index (χ4v) is 3.39. The van der Waals surface area contributed by atoms with E-state index in [-0.39, 0.29) is 18.8 Å². The molecule has 1 atom stereocenters. The highest BCUT2D eigenvalue weighted by Gasteiger charge is 2.24. The van der Waals surface area contributed by atoms with E-state index in [9.17, 15) is 9.59 Å². The molecule has 0 spiro atoms. The lowest BCUT2D eigenvalue weighted by Gasteiger charge is -2.23. The molecule has 0 saturated heterocycles. The number of benzene rings is 2. The Morgan fingerprint density at radius 2 is 1.57 bits per heavy atom. The molecule has 0 aliphatic heterocycles. The fraction of sp³-hybridized carbons (Fsp3) is 0.391. The van der Waals surface area contributed by atoms with Gasteiger partial charge >= 0.3 is 5.97 Å². The number of amides is 1. The largest absolute Gasteiger partial charge is 0.437 e. The highest BCUT2D eigenvalue weighted by atomic mass is 16.7. The molecular formula is C23H27NO4. The van der Waals surface area contributed by atoms with Gasteiger partial charge in [-0.25, -0.2) is 4.79 Å². The second-order valence-corrected chi connectivity index (χ2v) is 7.09. The molecule has 1 N–H and O–H groups in total. The summed E-state index contributed by atoms with van der Waals surface area (Å²) in [7, 11) is 0. The third-order valence-electron chi connectivity index (χ3n) is 4.97.